The van der Waals surface area contributed by atoms with Gasteiger partial charge < -0.3 is 10.6 Å². The Balaban J connectivity index is 1.50. The summed E-state index contributed by atoms with van der Waals surface area (Å²) in [6.45, 7) is 2.80. The number of carbonyl (C=O) groups excluding carboxylic acids is 1. The maximum atomic E-state index is 12.7. The topological polar surface area (TPSA) is 54.0 Å². The highest BCUT2D eigenvalue weighted by atomic mass is 35.5. The Morgan fingerprint density at radius 2 is 1.96 bits per heavy atom. The highest BCUT2D eigenvalue weighted by Gasteiger charge is 2.29. The highest BCUT2D eigenvalue weighted by molar-refractivity contribution is 6.30. The molecule has 0 unspecified atom stereocenters. The molecular weight excluding hydrogens is 358 g/mol. The van der Waals surface area contributed by atoms with Crippen molar-refractivity contribution in [1.29, 1.82) is 0 Å². The van der Waals surface area contributed by atoms with E-state index in [1.54, 1.807) is 6.20 Å². The van der Waals surface area contributed by atoms with Gasteiger partial charge in [0.15, 0.2) is 0 Å². The van der Waals surface area contributed by atoms with Gasteiger partial charge in [-0.2, -0.15) is 0 Å². The molecule has 4 rings (SSSR count). The largest absolute Gasteiger partial charge is 0.352 e. The maximum Gasteiger partial charge on any atom is 0.253 e. The monoisotopic (exact) mass is 383 g/mol. The van der Waals surface area contributed by atoms with Crippen molar-refractivity contribution in [2.75, 3.05) is 11.9 Å². The average Bonchev–Trinajstić information content (AvgIpc) is 3.38. The number of nitrogens with one attached hydrogen (secondary N) is 2. The predicted molar refractivity (Wildman–Crippen MR) is 110 cm³/mol. The van der Waals surface area contributed by atoms with Gasteiger partial charge in [0.05, 0.1) is 5.56 Å². The fourth-order valence-corrected chi connectivity index (χ4v) is 4.14. The third-order valence-corrected chi connectivity index (χ3v) is 5.91. The van der Waals surface area contributed by atoms with Crippen molar-refractivity contribution in [2.24, 2.45) is 5.92 Å². The smallest absolute Gasteiger partial charge is 0.253 e. The number of halogens is 1. The summed E-state index contributed by atoms with van der Waals surface area (Å²) in [5, 5.41) is 7.22. The van der Waals surface area contributed by atoms with Gasteiger partial charge in [0.25, 0.3) is 5.91 Å². The SMILES string of the molecule is Cc1cc(Cl)ccc1Nc1cc(C2CC2)c(C(=O)NCC2CCCC2)cn1. The third-order valence-electron chi connectivity index (χ3n) is 5.67. The Morgan fingerprint density at radius 3 is 2.67 bits per heavy atom. The normalized spacial score (nSPS) is 17.1. The van der Waals surface area contributed by atoms with E-state index in [1.807, 2.05) is 31.2 Å². The van der Waals surface area contributed by atoms with Crippen LogP contribution in [0.4, 0.5) is 11.5 Å². The van der Waals surface area contributed by atoms with Gasteiger partial charge in [-0.1, -0.05) is 24.4 Å². The second-order valence-electron chi connectivity index (χ2n) is 7.88. The van der Waals surface area contributed by atoms with Crippen molar-refractivity contribution in [3.05, 3.63) is 52.2 Å². The summed E-state index contributed by atoms with van der Waals surface area (Å²) in [6.07, 6.45) is 9.07. The molecule has 5 heteroatoms. The van der Waals surface area contributed by atoms with Crippen molar-refractivity contribution >= 4 is 29.0 Å². The van der Waals surface area contributed by atoms with Gasteiger partial charge in [-0.3, -0.25) is 4.79 Å². The van der Waals surface area contributed by atoms with E-state index < -0.39 is 0 Å². The van der Waals surface area contributed by atoms with E-state index in [0.29, 0.717) is 11.8 Å². The number of amides is 1. The van der Waals surface area contributed by atoms with Crippen LogP contribution in [0.25, 0.3) is 0 Å². The molecule has 4 nitrogen and oxygen atoms in total. The molecule has 2 aliphatic carbocycles. The Labute approximate surface area is 165 Å². The first-order chi connectivity index (χ1) is 13.1. The van der Waals surface area contributed by atoms with Crippen LogP contribution in [-0.4, -0.2) is 17.4 Å². The Kier molecular flexibility index (Phi) is 5.35. The summed E-state index contributed by atoms with van der Waals surface area (Å²) in [6, 6.07) is 7.79. The Hall–Kier alpha value is -2.07. The molecule has 0 radical (unpaired) electrons. The summed E-state index contributed by atoms with van der Waals surface area (Å²) in [5.41, 5.74) is 3.89. The number of anilines is 2. The Bertz CT molecular complexity index is 841. The first-order valence-corrected chi connectivity index (χ1v) is 10.3. The molecule has 2 aliphatic rings. The van der Waals surface area contributed by atoms with E-state index in [-0.39, 0.29) is 5.91 Å². The molecule has 0 aliphatic heterocycles. The van der Waals surface area contributed by atoms with E-state index in [2.05, 4.69) is 15.6 Å². The second kappa shape index (κ2) is 7.89. The van der Waals surface area contributed by atoms with Crippen molar-refractivity contribution in [3.63, 3.8) is 0 Å². The summed E-state index contributed by atoms with van der Waals surface area (Å²) in [7, 11) is 0. The van der Waals surface area contributed by atoms with E-state index in [1.165, 1.54) is 25.7 Å². The second-order valence-corrected chi connectivity index (χ2v) is 8.31. The molecule has 2 fully saturated rings. The molecule has 1 aromatic heterocycles. The molecule has 0 bridgehead atoms. The zero-order valence-corrected chi connectivity index (χ0v) is 16.5. The molecule has 142 valence electrons. The minimum atomic E-state index is 0.0190. The number of aryl methyl sites for hydroxylation is 1. The summed E-state index contributed by atoms with van der Waals surface area (Å²) in [5.74, 6) is 1.91. The number of hydrogen-bond donors (Lipinski definition) is 2. The number of pyridine rings is 1. The van der Waals surface area contributed by atoms with Gasteiger partial charge in [0.1, 0.15) is 5.82 Å². The summed E-state index contributed by atoms with van der Waals surface area (Å²) >= 11 is 6.04. The Morgan fingerprint density at radius 1 is 1.19 bits per heavy atom. The lowest BCUT2D eigenvalue weighted by Gasteiger charge is -2.15. The van der Waals surface area contributed by atoms with Gasteiger partial charge >= 0.3 is 0 Å². The lowest BCUT2D eigenvalue weighted by atomic mass is 10.0. The van der Waals surface area contributed by atoms with Crippen LogP contribution in [0.1, 0.15) is 65.9 Å². The van der Waals surface area contributed by atoms with Gasteiger partial charge in [0.2, 0.25) is 0 Å². The molecule has 0 saturated heterocycles. The lowest BCUT2D eigenvalue weighted by molar-refractivity contribution is 0.0946. The van der Waals surface area contributed by atoms with Crippen molar-refractivity contribution in [3.8, 4) is 0 Å². The number of nitrogens with zero attached hydrogens (tertiary/aromatic N) is 1. The van der Waals surface area contributed by atoms with Crippen molar-refractivity contribution in [1.82, 2.24) is 10.3 Å². The van der Waals surface area contributed by atoms with Crippen molar-refractivity contribution in [2.45, 2.75) is 51.4 Å². The highest BCUT2D eigenvalue weighted by Crippen LogP contribution is 2.42. The van der Waals surface area contributed by atoms with Gasteiger partial charge in [0, 0.05) is 23.5 Å². The van der Waals surface area contributed by atoms with Crippen LogP contribution in [0.15, 0.2) is 30.5 Å². The first-order valence-electron chi connectivity index (χ1n) is 9.91. The quantitative estimate of drug-likeness (QED) is 0.684. The maximum absolute atomic E-state index is 12.7. The van der Waals surface area contributed by atoms with E-state index in [4.69, 9.17) is 11.6 Å². The molecule has 2 N–H and O–H groups in total. The number of aromatic nitrogens is 1. The van der Waals surface area contributed by atoms with Crippen LogP contribution in [0.5, 0.6) is 0 Å². The molecule has 27 heavy (non-hydrogen) atoms. The molecule has 2 saturated carbocycles. The van der Waals surface area contributed by atoms with Crippen LogP contribution in [0, 0.1) is 12.8 Å². The molecule has 1 amide bonds. The van der Waals surface area contributed by atoms with Crippen LogP contribution in [-0.2, 0) is 0 Å². The third kappa shape index (κ3) is 4.44. The van der Waals surface area contributed by atoms with Crippen molar-refractivity contribution < 1.29 is 4.79 Å². The minimum absolute atomic E-state index is 0.0190. The van der Waals surface area contributed by atoms with Crippen LogP contribution in [0.2, 0.25) is 5.02 Å². The zero-order chi connectivity index (χ0) is 18.8. The fourth-order valence-electron chi connectivity index (χ4n) is 3.91. The van der Waals surface area contributed by atoms with Gasteiger partial charge in [-0.05, 0) is 79.8 Å². The summed E-state index contributed by atoms with van der Waals surface area (Å²) in [4.78, 5) is 17.2. The number of hydrogen-bond acceptors (Lipinski definition) is 3. The number of benzene rings is 1. The standard InChI is InChI=1S/C22H26ClN3O/c1-14-10-17(23)8-9-20(14)26-21-11-18(16-6-7-16)19(13-24-21)22(27)25-12-15-4-2-3-5-15/h8-11,13,15-16H,2-7,12H2,1H3,(H,24,26)(H,25,27). The fraction of sp³-hybridized carbons (Fsp3) is 0.455. The molecule has 2 aromatic rings. The lowest BCUT2D eigenvalue weighted by Crippen LogP contribution is -2.29. The van der Waals surface area contributed by atoms with E-state index in [9.17, 15) is 4.79 Å². The molecule has 1 heterocycles. The van der Waals surface area contributed by atoms with E-state index in [0.717, 1.165) is 52.6 Å². The number of rotatable bonds is 6. The van der Waals surface area contributed by atoms with Crippen LogP contribution < -0.4 is 10.6 Å². The zero-order valence-electron chi connectivity index (χ0n) is 15.7. The molecule has 0 spiro atoms. The van der Waals surface area contributed by atoms with Gasteiger partial charge in [-0.25, -0.2) is 4.98 Å². The predicted octanol–water partition coefficient (Wildman–Crippen LogP) is 5.58. The molecule has 0 atom stereocenters. The average molecular weight is 384 g/mol. The van der Waals surface area contributed by atoms with Crippen LogP contribution >= 0.6 is 11.6 Å². The summed E-state index contributed by atoms with van der Waals surface area (Å²) < 4.78 is 0. The molecule has 1 aromatic carbocycles. The first kappa shape index (κ1) is 18.3. The number of carbonyl (C=O) groups is 1. The minimum Gasteiger partial charge on any atom is -0.352 e. The van der Waals surface area contributed by atoms with E-state index >= 15 is 0 Å². The van der Waals surface area contributed by atoms with Gasteiger partial charge in [-0.15, -0.1) is 0 Å². The van der Waals surface area contributed by atoms with Crippen LogP contribution in [0.3, 0.4) is 0 Å². The molecular formula is C22H26ClN3O.